The van der Waals surface area contributed by atoms with Crippen LogP contribution in [0.3, 0.4) is 0 Å². The minimum absolute atomic E-state index is 0.0823. The molecule has 4 aromatic rings. The molecule has 0 bridgehead atoms. The quantitative estimate of drug-likeness (QED) is 0.591. The van der Waals surface area contributed by atoms with Crippen LogP contribution in [-0.2, 0) is 0 Å². The van der Waals surface area contributed by atoms with E-state index in [-0.39, 0.29) is 11.6 Å². The van der Waals surface area contributed by atoms with E-state index in [1.54, 1.807) is 30.3 Å². The van der Waals surface area contributed by atoms with Crippen LogP contribution in [-0.4, -0.2) is 21.6 Å². The summed E-state index contributed by atoms with van der Waals surface area (Å²) in [6, 6.07) is 16.8. The zero-order chi connectivity index (χ0) is 19.7. The molecule has 0 aliphatic heterocycles. The summed E-state index contributed by atoms with van der Waals surface area (Å²) < 4.78 is 6.93. The molecule has 0 amide bonds. The van der Waals surface area contributed by atoms with Gasteiger partial charge in [0.2, 0.25) is 0 Å². The normalized spacial score (nSPS) is 12.1. The number of benzene rings is 2. The highest BCUT2D eigenvalue weighted by Gasteiger charge is 2.13. The van der Waals surface area contributed by atoms with Gasteiger partial charge >= 0.3 is 0 Å². The molecule has 0 fully saturated rings. The van der Waals surface area contributed by atoms with Crippen LogP contribution in [0.1, 0.15) is 18.5 Å². The Kier molecular flexibility index (Phi) is 4.53. The van der Waals surface area contributed by atoms with E-state index in [2.05, 4.69) is 9.97 Å². The first-order valence-corrected chi connectivity index (χ1v) is 8.93. The molecule has 0 saturated carbocycles. The summed E-state index contributed by atoms with van der Waals surface area (Å²) in [5, 5.41) is 0.572. The lowest BCUT2D eigenvalue weighted by atomic mass is 10.0. The smallest absolute Gasteiger partial charge is 0.261 e. The molecule has 0 radical (unpaired) electrons. The molecule has 1 atom stereocenters. The average Bonchev–Trinajstić information content (AvgIpc) is 2.73. The molecular weight excluding hydrogens is 352 g/mol. The van der Waals surface area contributed by atoms with Crippen LogP contribution < -0.4 is 16.0 Å². The van der Waals surface area contributed by atoms with E-state index >= 15 is 0 Å². The zero-order valence-corrected chi connectivity index (χ0v) is 15.7. The fourth-order valence-electron chi connectivity index (χ4n) is 3.28. The molecule has 0 spiro atoms. The highest BCUT2D eigenvalue weighted by molar-refractivity contribution is 5.83. The monoisotopic (exact) mass is 372 g/mol. The molecule has 6 heteroatoms. The van der Waals surface area contributed by atoms with E-state index < -0.39 is 0 Å². The van der Waals surface area contributed by atoms with Crippen LogP contribution in [0.4, 0.5) is 5.82 Å². The number of anilines is 1. The maximum Gasteiger partial charge on any atom is 0.261 e. The third-order valence-electron chi connectivity index (χ3n) is 4.89. The van der Waals surface area contributed by atoms with Crippen molar-refractivity contribution in [3.05, 3.63) is 83.0 Å². The molecular formula is C22H20N4O2. The topological polar surface area (TPSA) is 83.0 Å². The van der Waals surface area contributed by atoms with Crippen molar-refractivity contribution in [3.8, 4) is 16.9 Å². The fourth-order valence-corrected chi connectivity index (χ4v) is 3.28. The average molecular weight is 372 g/mol. The number of hydrogen-bond donors (Lipinski definition) is 1. The van der Waals surface area contributed by atoms with E-state index in [1.165, 1.54) is 0 Å². The van der Waals surface area contributed by atoms with Crippen LogP contribution >= 0.6 is 0 Å². The molecule has 0 aliphatic rings. The molecule has 0 saturated heterocycles. The van der Waals surface area contributed by atoms with Gasteiger partial charge in [0.1, 0.15) is 11.6 Å². The standard InChI is InChI=1S/C22H20N4O2/c1-14(15-4-3-5-18(10-15)28-2)26-13-25-20-11-16(6-7-19(20)22(26)27)17-8-9-24-21(23)12-17/h3-14H,1-2H3,(H2,23,24)/t14-/m1/s1. The molecule has 0 aliphatic carbocycles. The number of hydrogen-bond acceptors (Lipinski definition) is 5. The van der Waals surface area contributed by atoms with Crippen molar-refractivity contribution in [2.24, 2.45) is 0 Å². The van der Waals surface area contributed by atoms with Gasteiger partial charge in [0.25, 0.3) is 5.56 Å². The molecule has 28 heavy (non-hydrogen) atoms. The van der Waals surface area contributed by atoms with Crippen LogP contribution in [0.25, 0.3) is 22.0 Å². The largest absolute Gasteiger partial charge is 0.497 e. The summed E-state index contributed by atoms with van der Waals surface area (Å²) in [7, 11) is 1.63. The number of rotatable bonds is 4. The van der Waals surface area contributed by atoms with Crippen LogP contribution in [0.5, 0.6) is 5.75 Å². The summed E-state index contributed by atoms with van der Waals surface area (Å²) in [6.07, 6.45) is 3.26. The van der Waals surface area contributed by atoms with Gasteiger partial charge in [-0.1, -0.05) is 18.2 Å². The first-order valence-electron chi connectivity index (χ1n) is 8.93. The molecule has 4 rings (SSSR count). The number of fused-ring (bicyclic) bond motifs is 1. The van der Waals surface area contributed by atoms with Crippen LogP contribution in [0, 0.1) is 0 Å². The summed E-state index contributed by atoms with van der Waals surface area (Å²) in [5.74, 6) is 1.21. The Morgan fingerprint density at radius 3 is 2.64 bits per heavy atom. The third-order valence-corrected chi connectivity index (χ3v) is 4.89. The maximum atomic E-state index is 13.1. The van der Waals surface area contributed by atoms with Gasteiger partial charge in [-0.05, 0) is 60.0 Å². The molecule has 2 N–H and O–H groups in total. The Bertz CT molecular complexity index is 1220. The maximum absolute atomic E-state index is 13.1. The summed E-state index contributed by atoms with van der Waals surface area (Å²) in [6.45, 7) is 1.97. The lowest BCUT2D eigenvalue weighted by Crippen LogP contribution is -2.24. The first-order chi connectivity index (χ1) is 13.6. The predicted octanol–water partition coefficient (Wildman–Crippen LogP) is 3.66. The summed E-state index contributed by atoms with van der Waals surface area (Å²) >= 11 is 0. The van der Waals surface area contributed by atoms with Crippen molar-refractivity contribution in [1.29, 1.82) is 0 Å². The van der Waals surface area contributed by atoms with Crippen molar-refractivity contribution in [3.63, 3.8) is 0 Å². The Labute approximate surface area is 162 Å². The molecule has 140 valence electrons. The predicted molar refractivity (Wildman–Crippen MR) is 110 cm³/mol. The Morgan fingerprint density at radius 2 is 1.86 bits per heavy atom. The van der Waals surface area contributed by atoms with Crippen molar-refractivity contribution in [1.82, 2.24) is 14.5 Å². The zero-order valence-electron chi connectivity index (χ0n) is 15.7. The highest BCUT2D eigenvalue weighted by atomic mass is 16.5. The van der Waals surface area contributed by atoms with Gasteiger partial charge in [0.15, 0.2) is 0 Å². The number of pyridine rings is 1. The van der Waals surface area contributed by atoms with Gasteiger partial charge in [0, 0.05) is 6.20 Å². The summed E-state index contributed by atoms with van der Waals surface area (Å²) in [4.78, 5) is 21.6. The van der Waals surface area contributed by atoms with Gasteiger partial charge in [-0.15, -0.1) is 0 Å². The second kappa shape index (κ2) is 7.15. The van der Waals surface area contributed by atoms with E-state index in [0.717, 1.165) is 22.4 Å². The van der Waals surface area contributed by atoms with Gasteiger partial charge < -0.3 is 10.5 Å². The van der Waals surface area contributed by atoms with E-state index in [4.69, 9.17) is 10.5 Å². The van der Waals surface area contributed by atoms with Crippen molar-refractivity contribution >= 4 is 16.7 Å². The lowest BCUT2D eigenvalue weighted by molar-refractivity contribution is 0.413. The summed E-state index contributed by atoms with van der Waals surface area (Å²) in [5.41, 5.74) is 9.19. The number of aromatic nitrogens is 3. The minimum Gasteiger partial charge on any atom is -0.497 e. The third kappa shape index (κ3) is 3.20. The lowest BCUT2D eigenvalue weighted by Gasteiger charge is -2.16. The van der Waals surface area contributed by atoms with Crippen LogP contribution in [0.15, 0.2) is 71.9 Å². The number of nitrogens with zero attached hydrogens (tertiary/aromatic N) is 3. The Hall–Kier alpha value is -3.67. The number of nitrogens with two attached hydrogens (primary N) is 1. The van der Waals surface area contributed by atoms with Crippen molar-refractivity contribution < 1.29 is 4.74 Å². The second-order valence-corrected chi connectivity index (χ2v) is 6.61. The Balaban J connectivity index is 1.77. The van der Waals surface area contributed by atoms with Gasteiger partial charge in [-0.25, -0.2) is 9.97 Å². The van der Waals surface area contributed by atoms with Gasteiger partial charge in [-0.3, -0.25) is 9.36 Å². The van der Waals surface area contributed by atoms with E-state index in [9.17, 15) is 4.79 Å². The Morgan fingerprint density at radius 1 is 1.04 bits per heavy atom. The van der Waals surface area contributed by atoms with E-state index in [1.807, 2.05) is 55.5 Å². The van der Waals surface area contributed by atoms with Crippen molar-refractivity contribution in [2.75, 3.05) is 12.8 Å². The molecule has 2 aromatic heterocycles. The second-order valence-electron chi connectivity index (χ2n) is 6.61. The number of methoxy groups -OCH3 is 1. The highest BCUT2D eigenvalue weighted by Crippen LogP contribution is 2.24. The minimum atomic E-state index is -0.167. The fraction of sp³-hybridized carbons (Fsp3) is 0.136. The number of nitrogen functional groups attached to an aromatic ring is 1. The van der Waals surface area contributed by atoms with Crippen molar-refractivity contribution in [2.45, 2.75) is 13.0 Å². The molecule has 2 heterocycles. The SMILES string of the molecule is COc1cccc([C@@H](C)n2cnc3cc(-c4ccnc(N)c4)ccc3c2=O)c1. The molecule has 0 unspecified atom stereocenters. The van der Waals surface area contributed by atoms with E-state index in [0.29, 0.717) is 16.7 Å². The van der Waals surface area contributed by atoms with Gasteiger partial charge in [0.05, 0.1) is 30.4 Å². The first kappa shape index (κ1) is 17.7. The molecule has 6 nitrogen and oxygen atoms in total. The van der Waals surface area contributed by atoms with Crippen LogP contribution in [0.2, 0.25) is 0 Å². The number of ether oxygens (including phenoxy) is 1. The van der Waals surface area contributed by atoms with Gasteiger partial charge in [-0.2, -0.15) is 0 Å². The molecule has 2 aromatic carbocycles.